The van der Waals surface area contributed by atoms with Crippen LogP contribution in [0.1, 0.15) is 16.1 Å². The molecule has 138 valence electrons. The molecular formula is C20H14N4O3S. The molecule has 0 atom stereocenters. The Morgan fingerprint density at radius 2 is 2.04 bits per heavy atom. The molecule has 0 aliphatic rings. The Labute approximate surface area is 163 Å². The number of nitrogens with zero attached hydrogens (tertiary/aromatic N) is 2. The summed E-state index contributed by atoms with van der Waals surface area (Å²) in [6.45, 7) is 0. The number of aromatic nitrogens is 2. The Hall–Kier alpha value is -3.78. The lowest BCUT2D eigenvalue weighted by molar-refractivity contribution is 0.0949. The van der Waals surface area contributed by atoms with E-state index in [0.717, 1.165) is 15.6 Å². The summed E-state index contributed by atoms with van der Waals surface area (Å²) in [7, 11) is 0. The minimum atomic E-state index is -0.625. The molecule has 2 aromatic heterocycles. The summed E-state index contributed by atoms with van der Waals surface area (Å²) >= 11 is 1.44. The number of hydrazone groups is 1. The third-order valence-electron chi connectivity index (χ3n) is 4.07. The zero-order valence-electron chi connectivity index (χ0n) is 14.4. The van der Waals surface area contributed by atoms with E-state index in [1.807, 2.05) is 41.8 Å². The van der Waals surface area contributed by atoms with Gasteiger partial charge in [0.15, 0.2) is 0 Å². The molecule has 2 heterocycles. The van der Waals surface area contributed by atoms with Gasteiger partial charge in [-0.15, -0.1) is 11.3 Å². The van der Waals surface area contributed by atoms with Crippen molar-refractivity contribution in [1.29, 1.82) is 0 Å². The van der Waals surface area contributed by atoms with Gasteiger partial charge in [-0.05, 0) is 34.4 Å². The SMILES string of the molecule is O=C(N/N=C/c1c(O)ccc2ccccc12)c1cc(-c2cccs2)[nH]c(=O)n1. The largest absolute Gasteiger partial charge is 0.507 e. The maximum Gasteiger partial charge on any atom is 0.346 e. The summed E-state index contributed by atoms with van der Waals surface area (Å²) in [5.41, 5.74) is 2.67. The van der Waals surface area contributed by atoms with E-state index in [1.54, 1.807) is 12.1 Å². The average Bonchev–Trinajstić information content (AvgIpc) is 3.24. The van der Waals surface area contributed by atoms with Crippen molar-refractivity contribution in [1.82, 2.24) is 15.4 Å². The fourth-order valence-electron chi connectivity index (χ4n) is 2.77. The van der Waals surface area contributed by atoms with Crippen LogP contribution < -0.4 is 11.1 Å². The molecule has 28 heavy (non-hydrogen) atoms. The van der Waals surface area contributed by atoms with Crippen LogP contribution in [0.4, 0.5) is 0 Å². The highest BCUT2D eigenvalue weighted by atomic mass is 32.1. The molecule has 0 radical (unpaired) electrons. The van der Waals surface area contributed by atoms with Crippen LogP contribution in [0.15, 0.2) is 69.9 Å². The third-order valence-corrected chi connectivity index (χ3v) is 4.97. The second kappa shape index (κ2) is 7.45. The summed E-state index contributed by atoms with van der Waals surface area (Å²) < 4.78 is 0. The van der Waals surface area contributed by atoms with Crippen LogP contribution in [-0.2, 0) is 0 Å². The predicted molar refractivity (Wildman–Crippen MR) is 109 cm³/mol. The van der Waals surface area contributed by atoms with Gasteiger partial charge in [0.05, 0.1) is 16.8 Å². The molecule has 4 rings (SSSR count). The Kier molecular flexibility index (Phi) is 4.69. The number of H-pyrrole nitrogens is 1. The second-order valence-corrected chi connectivity index (χ2v) is 6.83. The number of carbonyl (C=O) groups is 1. The van der Waals surface area contributed by atoms with Crippen molar-refractivity contribution in [3.8, 4) is 16.3 Å². The summed E-state index contributed by atoms with van der Waals surface area (Å²) in [5.74, 6) is -0.578. The molecule has 0 fully saturated rings. The number of amides is 1. The van der Waals surface area contributed by atoms with Gasteiger partial charge in [0.1, 0.15) is 11.4 Å². The summed E-state index contributed by atoms with van der Waals surface area (Å²) in [6, 6.07) is 16.0. The topological polar surface area (TPSA) is 107 Å². The van der Waals surface area contributed by atoms with Gasteiger partial charge in [-0.1, -0.05) is 36.4 Å². The number of thiophene rings is 1. The standard InChI is InChI=1S/C20H14N4O3S/c25-17-8-7-12-4-1-2-5-13(12)14(17)11-21-24-19(26)16-10-15(22-20(27)23-16)18-6-3-9-28-18/h1-11,25H,(H,24,26)(H,22,23,27)/b21-11+. The number of hydrogen-bond donors (Lipinski definition) is 3. The maximum atomic E-state index is 12.4. The zero-order chi connectivity index (χ0) is 19.5. The Balaban J connectivity index is 1.59. The number of aromatic amines is 1. The number of fused-ring (bicyclic) bond motifs is 1. The van der Waals surface area contributed by atoms with Crippen LogP contribution in [0.3, 0.4) is 0 Å². The van der Waals surface area contributed by atoms with Gasteiger partial charge < -0.3 is 10.1 Å². The third kappa shape index (κ3) is 3.53. The zero-order valence-corrected chi connectivity index (χ0v) is 15.2. The Morgan fingerprint density at radius 3 is 2.86 bits per heavy atom. The number of benzene rings is 2. The highest BCUT2D eigenvalue weighted by Gasteiger charge is 2.11. The van der Waals surface area contributed by atoms with Crippen molar-refractivity contribution in [2.75, 3.05) is 0 Å². The van der Waals surface area contributed by atoms with E-state index in [2.05, 4.69) is 20.5 Å². The summed E-state index contributed by atoms with van der Waals surface area (Å²) in [5, 5.41) is 17.6. The van der Waals surface area contributed by atoms with Crippen LogP contribution >= 0.6 is 11.3 Å². The molecule has 7 nitrogen and oxygen atoms in total. The van der Waals surface area contributed by atoms with E-state index in [4.69, 9.17) is 0 Å². The first-order valence-electron chi connectivity index (χ1n) is 8.31. The van der Waals surface area contributed by atoms with Gasteiger partial charge in [0.25, 0.3) is 5.91 Å². The molecule has 8 heteroatoms. The van der Waals surface area contributed by atoms with Gasteiger partial charge in [-0.2, -0.15) is 10.1 Å². The number of phenols is 1. The lowest BCUT2D eigenvalue weighted by atomic mass is 10.0. The molecule has 4 aromatic rings. The molecular weight excluding hydrogens is 376 g/mol. The lowest BCUT2D eigenvalue weighted by Crippen LogP contribution is -2.24. The highest BCUT2D eigenvalue weighted by Crippen LogP contribution is 2.25. The number of hydrogen-bond acceptors (Lipinski definition) is 6. The molecule has 3 N–H and O–H groups in total. The molecule has 0 saturated carbocycles. The smallest absolute Gasteiger partial charge is 0.346 e. The summed E-state index contributed by atoms with van der Waals surface area (Å²) in [6.07, 6.45) is 1.36. The predicted octanol–water partition coefficient (Wildman–Crippen LogP) is 3.12. The van der Waals surface area contributed by atoms with Crippen molar-refractivity contribution in [3.63, 3.8) is 0 Å². The number of rotatable bonds is 4. The van der Waals surface area contributed by atoms with Crippen LogP contribution in [-0.4, -0.2) is 27.2 Å². The van der Waals surface area contributed by atoms with Crippen LogP contribution in [0, 0.1) is 0 Å². The minimum absolute atomic E-state index is 0.0472. The van der Waals surface area contributed by atoms with E-state index in [1.165, 1.54) is 23.6 Å². The van der Waals surface area contributed by atoms with Gasteiger partial charge in [0, 0.05) is 5.56 Å². The van der Waals surface area contributed by atoms with Gasteiger partial charge >= 0.3 is 5.69 Å². The maximum absolute atomic E-state index is 12.4. The second-order valence-electron chi connectivity index (χ2n) is 5.88. The van der Waals surface area contributed by atoms with E-state index in [0.29, 0.717) is 11.3 Å². The van der Waals surface area contributed by atoms with Crippen LogP contribution in [0.5, 0.6) is 5.75 Å². The van der Waals surface area contributed by atoms with Gasteiger partial charge in [-0.25, -0.2) is 10.2 Å². The van der Waals surface area contributed by atoms with Crippen molar-refractivity contribution >= 4 is 34.2 Å². The van der Waals surface area contributed by atoms with Gasteiger partial charge in [-0.3, -0.25) is 4.79 Å². The van der Waals surface area contributed by atoms with E-state index in [9.17, 15) is 14.7 Å². The van der Waals surface area contributed by atoms with Gasteiger partial charge in [0.2, 0.25) is 0 Å². The molecule has 0 aliphatic heterocycles. The molecule has 0 spiro atoms. The van der Waals surface area contributed by atoms with Crippen molar-refractivity contribution < 1.29 is 9.90 Å². The Morgan fingerprint density at radius 1 is 1.18 bits per heavy atom. The number of nitrogens with one attached hydrogen (secondary N) is 2. The molecule has 1 amide bonds. The van der Waals surface area contributed by atoms with Crippen molar-refractivity contribution in [3.05, 3.63) is 81.7 Å². The normalized spacial score (nSPS) is 11.1. The first kappa shape index (κ1) is 17.6. The lowest BCUT2D eigenvalue weighted by Gasteiger charge is -2.05. The average molecular weight is 390 g/mol. The fraction of sp³-hybridized carbons (Fsp3) is 0. The molecule has 0 aliphatic carbocycles. The van der Waals surface area contributed by atoms with E-state index < -0.39 is 11.6 Å². The van der Waals surface area contributed by atoms with Crippen molar-refractivity contribution in [2.45, 2.75) is 0 Å². The summed E-state index contributed by atoms with van der Waals surface area (Å²) in [4.78, 5) is 31.3. The minimum Gasteiger partial charge on any atom is -0.507 e. The Bertz CT molecular complexity index is 1250. The number of carbonyl (C=O) groups excluding carboxylic acids is 1. The molecule has 0 bridgehead atoms. The molecule has 0 saturated heterocycles. The molecule has 0 unspecified atom stereocenters. The monoisotopic (exact) mass is 390 g/mol. The fourth-order valence-corrected chi connectivity index (χ4v) is 3.47. The number of aromatic hydroxyl groups is 1. The van der Waals surface area contributed by atoms with E-state index >= 15 is 0 Å². The first-order chi connectivity index (χ1) is 13.6. The van der Waals surface area contributed by atoms with Crippen LogP contribution in [0.25, 0.3) is 21.3 Å². The number of phenolic OH excluding ortho intramolecular Hbond substituents is 1. The first-order valence-corrected chi connectivity index (χ1v) is 9.19. The van der Waals surface area contributed by atoms with Crippen LogP contribution in [0.2, 0.25) is 0 Å². The highest BCUT2D eigenvalue weighted by molar-refractivity contribution is 7.13. The van der Waals surface area contributed by atoms with Crippen molar-refractivity contribution in [2.24, 2.45) is 5.10 Å². The molecule has 2 aromatic carbocycles. The van der Waals surface area contributed by atoms with E-state index in [-0.39, 0.29) is 11.4 Å². The quantitative estimate of drug-likeness (QED) is 0.367.